The monoisotopic (exact) mass is 221 g/mol. The molecule has 2 aliphatic rings. The van der Waals surface area contributed by atoms with Gasteiger partial charge in [-0.1, -0.05) is 13.8 Å². The molecule has 1 atom stereocenters. The first-order chi connectivity index (χ1) is 7.44. The zero-order chi connectivity index (χ0) is 11.9. The SMILES string of the molecule is CC(C)C(=O)C1(N)N=C2N=CN=C2C(=O)N1. The maximum atomic E-state index is 11.8. The van der Waals surface area contributed by atoms with E-state index in [0.29, 0.717) is 0 Å². The lowest BCUT2D eigenvalue weighted by Crippen LogP contribution is -2.66. The molecule has 2 rings (SSSR count). The van der Waals surface area contributed by atoms with Gasteiger partial charge in [-0.3, -0.25) is 15.3 Å². The van der Waals surface area contributed by atoms with Gasteiger partial charge in [-0.25, -0.2) is 15.0 Å². The molecule has 3 N–H and O–H groups in total. The Labute approximate surface area is 91.5 Å². The normalized spacial score (nSPS) is 27.4. The molecule has 0 aromatic heterocycles. The summed E-state index contributed by atoms with van der Waals surface area (Å²) < 4.78 is 0. The highest BCUT2D eigenvalue weighted by Crippen LogP contribution is 2.15. The van der Waals surface area contributed by atoms with E-state index in [1.54, 1.807) is 13.8 Å². The average molecular weight is 221 g/mol. The van der Waals surface area contributed by atoms with Crippen molar-refractivity contribution in [2.75, 3.05) is 0 Å². The lowest BCUT2D eigenvalue weighted by atomic mass is 10.0. The van der Waals surface area contributed by atoms with Crippen molar-refractivity contribution in [2.45, 2.75) is 19.6 Å². The molecule has 0 saturated carbocycles. The fourth-order valence-corrected chi connectivity index (χ4v) is 1.49. The molecular formula is C9H11N5O2. The highest BCUT2D eigenvalue weighted by atomic mass is 16.2. The number of nitrogens with one attached hydrogen (secondary N) is 1. The second-order valence-electron chi connectivity index (χ2n) is 3.90. The molecule has 0 bridgehead atoms. The largest absolute Gasteiger partial charge is 0.308 e. The number of rotatable bonds is 2. The lowest BCUT2D eigenvalue weighted by molar-refractivity contribution is -0.131. The number of hydrogen-bond acceptors (Lipinski definition) is 6. The molecule has 0 aliphatic carbocycles. The second-order valence-corrected chi connectivity index (χ2v) is 3.90. The smallest absolute Gasteiger partial charge is 0.277 e. The molecule has 84 valence electrons. The van der Waals surface area contributed by atoms with Gasteiger partial charge in [0.15, 0.2) is 17.3 Å². The van der Waals surface area contributed by atoms with E-state index in [0.717, 1.165) is 0 Å². The summed E-state index contributed by atoms with van der Waals surface area (Å²) in [6, 6.07) is 0. The summed E-state index contributed by atoms with van der Waals surface area (Å²) in [5.74, 6) is -2.84. The Morgan fingerprint density at radius 3 is 2.88 bits per heavy atom. The minimum Gasteiger partial charge on any atom is -0.308 e. The highest BCUT2D eigenvalue weighted by molar-refractivity contribution is 6.70. The number of nitrogens with zero attached hydrogens (tertiary/aromatic N) is 3. The van der Waals surface area contributed by atoms with Gasteiger partial charge < -0.3 is 5.32 Å². The van der Waals surface area contributed by atoms with E-state index in [-0.39, 0.29) is 23.2 Å². The molecule has 7 heteroatoms. The van der Waals surface area contributed by atoms with Crippen LogP contribution in [0.25, 0.3) is 0 Å². The van der Waals surface area contributed by atoms with Crippen LogP contribution in [0.2, 0.25) is 0 Å². The number of ketones is 1. The summed E-state index contributed by atoms with van der Waals surface area (Å²) in [4.78, 5) is 34.8. The molecule has 7 nitrogen and oxygen atoms in total. The summed E-state index contributed by atoms with van der Waals surface area (Å²) in [7, 11) is 0. The summed E-state index contributed by atoms with van der Waals surface area (Å²) in [6.07, 6.45) is 1.21. The predicted octanol–water partition coefficient (Wildman–Crippen LogP) is -1.16. The van der Waals surface area contributed by atoms with Gasteiger partial charge >= 0.3 is 0 Å². The summed E-state index contributed by atoms with van der Waals surface area (Å²) in [5.41, 5.74) is 5.85. The first-order valence-electron chi connectivity index (χ1n) is 4.80. The molecule has 0 fully saturated rings. The van der Waals surface area contributed by atoms with Crippen LogP contribution in [-0.2, 0) is 9.59 Å². The molecule has 0 aromatic rings. The number of fused-ring (bicyclic) bond motifs is 1. The van der Waals surface area contributed by atoms with Crippen LogP contribution in [-0.4, -0.2) is 35.4 Å². The molecule has 0 radical (unpaired) electrons. The van der Waals surface area contributed by atoms with Crippen molar-refractivity contribution in [2.24, 2.45) is 26.6 Å². The maximum absolute atomic E-state index is 11.8. The van der Waals surface area contributed by atoms with Crippen LogP contribution in [0.1, 0.15) is 13.8 Å². The minimum absolute atomic E-state index is 0.0950. The fourth-order valence-electron chi connectivity index (χ4n) is 1.49. The van der Waals surface area contributed by atoms with Gasteiger partial charge in [-0.15, -0.1) is 0 Å². The van der Waals surface area contributed by atoms with Gasteiger partial charge in [-0.05, 0) is 0 Å². The van der Waals surface area contributed by atoms with E-state index in [9.17, 15) is 9.59 Å². The third-order valence-corrected chi connectivity index (χ3v) is 2.28. The van der Waals surface area contributed by atoms with E-state index >= 15 is 0 Å². The third kappa shape index (κ3) is 1.45. The van der Waals surface area contributed by atoms with Gasteiger partial charge in [0.2, 0.25) is 5.79 Å². The molecular weight excluding hydrogens is 210 g/mol. The van der Waals surface area contributed by atoms with Crippen molar-refractivity contribution in [3.8, 4) is 0 Å². The Hall–Kier alpha value is -1.89. The van der Waals surface area contributed by atoms with E-state index in [1.807, 2.05) is 0 Å². The van der Waals surface area contributed by atoms with Crippen LogP contribution >= 0.6 is 0 Å². The van der Waals surface area contributed by atoms with E-state index in [1.165, 1.54) is 6.34 Å². The Kier molecular flexibility index (Phi) is 2.20. The van der Waals surface area contributed by atoms with Crippen molar-refractivity contribution in [1.82, 2.24) is 5.32 Å². The quantitative estimate of drug-likeness (QED) is 0.613. The summed E-state index contributed by atoms with van der Waals surface area (Å²) >= 11 is 0. The number of Topliss-reactive ketones (excluding diaryl/α,β-unsaturated/α-hetero) is 1. The molecule has 2 aliphatic heterocycles. The second kappa shape index (κ2) is 3.31. The highest BCUT2D eigenvalue weighted by Gasteiger charge is 2.43. The van der Waals surface area contributed by atoms with Gasteiger partial charge in [0, 0.05) is 5.92 Å². The van der Waals surface area contributed by atoms with Crippen LogP contribution in [0, 0.1) is 5.92 Å². The van der Waals surface area contributed by atoms with Crippen molar-refractivity contribution in [1.29, 1.82) is 0 Å². The number of carbonyl (C=O) groups excluding carboxylic acids is 2. The molecule has 1 amide bonds. The van der Waals surface area contributed by atoms with Crippen LogP contribution in [0.15, 0.2) is 15.0 Å². The fraction of sp³-hybridized carbons (Fsp3) is 0.444. The molecule has 16 heavy (non-hydrogen) atoms. The van der Waals surface area contributed by atoms with Crippen molar-refractivity contribution >= 4 is 29.6 Å². The molecule has 0 aromatic carbocycles. The Morgan fingerprint density at radius 2 is 2.25 bits per heavy atom. The van der Waals surface area contributed by atoms with Gasteiger partial charge in [0.25, 0.3) is 5.91 Å². The van der Waals surface area contributed by atoms with Gasteiger partial charge in [-0.2, -0.15) is 0 Å². The maximum Gasteiger partial charge on any atom is 0.277 e. The summed E-state index contributed by atoms with van der Waals surface area (Å²) in [6.45, 7) is 3.37. The van der Waals surface area contributed by atoms with Crippen LogP contribution in [0.5, 0.6) is 0 Å². The lowest BCUT2D eigenvalue weighted by Gasteiger charge is -2.29. The van der Waals surface area contributed by atoms with E-state index < -0.39 is 11.7 Å². The van der Waals surface area contributed by atoms with Crippen molar-refractivity contribution in [3.05, 3.63) is 0 Å². The summed E-state index contributed by atoms with van der Waals surface area (Å²) in [5, 5.41) is 2.34. The predicted molar refractivity (Wildman–Crippen MR) is 58.3 cm³/mol. The van der Waals surface area contributed by atoms with E-state index in [4.69, 9.17) is 5.73 Å². The first kappa shape index (κ1) is 10.6. The zero-order valence-corrected chi connectivity index (χ0v) is 8.89. The van der Waals surface area contributed by atoms with Crippen LogP contribution in [0.3, 0.4) is 0 Å². The molecule has 0 spiro atoms. The topological polar surface area (TPSA) is 109 Å². The zero-order valence-electron chi connectivity index (χ0n) is 8.89. The minimum atomic E-state index is -1.72. The molecule has 0 saturated heterocycles. The first-order valence-corrected chi connectivity index (χ1v) is 4.80. The molecule has 2 heterocycles. The standard InChI is InChI=1S/C9H11N5O2/c1-4(2)6(15)9(10)13-7-5(8(16)14-9)11-3-12-7/h3-4H,10H2,1-2H3,(H,14,16). The number of carbonyl (C=O) groups is 2. The third-order valence-electron chi connectivity index (χ3n) is 2.28. The van der Waals surface area contributed by atoms with Crippen molar-refractivity contribution < 1.29 is 9.59 Å². The number of amides is 1. The average Bonchev–Trinajstić information content (AvgIpc) is 2.64. The molecule has 1 unspecified atom stereocenters. The van der Waals surface area contributed by atoms with Crippen LogP contribution in [0.4, 0.5) is 0 Å². The number of aliphatic imine (C=N–C) groups is 3. The Morgan fingerprint density at radius 1 is 1.56 bits per heavy atom. The van der Waals surface area contributed by atoms with Gasteiger partial charge in [0.1, 0.15) is 6.34 Å². The van der Waals surface area contributed by atoms with E-state index in [2.05, 4.69) is 20.3 Å². The van der Waals surface area contributed by atoms with Gasteiger partial charge in [0.05, 0.1) is 0 Å². The number of amidine groups is 1. The Balaban J connectivity index is 2.43. The number of hydrogen-bond donors (Lipinski definition) is 2. The van der Waals surface area contributed by atoms with Crippen LogP contribution < -0.4 is 11.1 Å². The Bertz CT molecular complexity index is 463. The number of nitrogens with two attached hydrogens (primary N) is 1. The van der Waals surface area contributed by atoms with Crippen molar-refractivity contribution in [3.63, 3.8) is 0 Å².